The molecule has 3 aromatic rings. The molecule has 2 aromatic carbocycles. The van der Waals surface area contributed by atoms with Gasteiger partial charge < -0.3 is 9.88 Å². The van der Waals surface area contributed by atoms with Crippen molar-refractivity contribution < 1.29 is 4.79 Å². The van der Waals surface area contributed by atoms with Crippen LogP contribution in [0.2, 0.25) is 0 Å². The van der Waals surface area contributed by atoms with Crippen LogP contribution < -0.4 is 5.32 Å². The van der Waals surface area contributed by atoms with Crippen LogP contribution in [0.4, 0.5) is 0 Å². The van der Waals surface area contributed by atoms with Crippen LogP contribution in [0.1, 0.15) is 41.6 Å². The number of fused-ring (bicyclic) bond motifs is 1. The molecular weight excluding hydrogens is 298 g/mol. The molecular formula is C20H23N3O. The monoisotopic (exact) mass is 321 g/mol. The van der Waals surface area contributed by atoms with Gasteiger partial charge in [-0.15, -0.1) is 0 Å². The molecule has 3 rings (SSSR count). The molecule has 4 heteroatoms. The standard InChI is InChI=1S/C20H23N3O/c1-14(2)23-18-11-7-6-10-17(18)22-19(23)12-13-21-20(24)16-9-5-4-8-15(16)3/h4-11,14H,12-13H2,1-3H3,(H,21,24). The molecule has 1 aromatic heterocycles. The van der Waals surface area contributed by atoms with Crippen LogP contribution in [0, 0.1) is 6.92 Å². The van der Waals surface area contributed by atoms with Crippen molar-refractivity contribution in [1.82, 2.24) is 14.9 Å². The van der Waals surface area contributed by atoms with E-state index in [9.17, 15) is 4.79 Å². The summed E-state index contributed by atoms with van der Waals surface area (Å²) in [6, 6.07) is 16.1. The fourth-order valence-corrected chi connectivity index (χ4v) is 3.06. The van der Waals surface area contributed by atoms with Crippen LogP contribution in [0.5, 0.6) is 0 Å². The predicted octanol–water partition coefficient (Wildman–Crippen LogP) is 3.90. The Kier molecular flexibility index (Phi) is 4.65. The molecule has 1 amide bonds. The molecule has 0 radical (unpaired) electrons. The van der Waals surface area contributed by atoms with Crippen LogP contribution in [-0.2, 0) is 6.42 Å². The minimum Gasteiger partial charge on any atom is -0.352 e. The summed E-state index contributed by atoms with van der Waals surface area (Å²) in [6.45, 7) is 6.84. The minimum atomic E-state index is -0.0275. The highest BCUT2D eigenvalue weighted by atomic mass is 16.1. The molecule has 0 atom stereocenters. The van der Waals surface area contributed by atoms with Gasteiger partial charge in [-0.2, -0.15) is 0 Å². The van der Waals surface area contributed by atoms with Gasteiger partial charge in [-0.05, 0) is 44.5 Å². The van der Waals surface area contributed by atoms with Gasteiger partial charge in [-0.3, -0.25) is 4.79 Å². The number of aromatic nitrogens is 2. The second kappa shape index (κ2) is 6.87. The van der Waals surface area contributed by atoms with Crippen molar-refractivity contribution in [3.8, 4) is 0 Å². The Morgan fingerprint density at radius 1 is 1.12 bits per heavy atom. The second-order valence-electron chi connectivity index (χ2n) is 6.30. The van der Waals surface area contributed by atoms with E-state index in [2.05, 4.69) is 29.8 Å². The first-order valence-corrected chi connectivity index (χ1v) is 8.37. The van der Waals surface area contributed by atoms with E-state index in [1.807, 2.05) is 49.4 Å². The summed E-state index contributed by atoms with van der Waals surface area (Å²) >= 11 is 0. The summed E-state index contributed by atoms with van der Waals surface area (Å²) in [5.41, 5.74) is 3.87. The van der Waals surface area contributed by atoms with Crippen LogP contribution in [0.3, 0.4) is 0 Å². The summed E-state index contributed by atoms with van der Waals surface area (Å²) in [6.07, 6.45) is 0.713. The summed E-state index contributed by atoms with van der Waals surface area (Å²) in [4.78, 5) is 17.0. The molecule has 0 saturated carbocycles. The lowest BCUT2D eigenvalue weighted by Gasteiger charge is -2.13. The number of para-hydroxylation sites is 2. The van der Waals surface area contributed by atoms with Crippen LogP contribution in [0.25, 0.3) is 11.0 Å². The molecule has 4 nitrogen and oxygen atoms in total. The van der Waals surface area contributed by atoms with Gasteiger partial charge in [0.25, 0.3) is 5.91 Å². The van der Waals surface area contributed by atoms with Crippen molar-refractivity contribution in [1.29, 1.82) is 0 Å². The highest BCUT2D eigenvalue weighted by molar-refractivity contribution is 5.95. The minimum absolute atomic E-state index is 0.0275. The molecule has 1 N–H and O–H groups in total. The smallest absolute Gasteiger partial charge is 0.251 e. The number of carbonyl (C=O) groups excluding carboxylic acids is 1. The molecule has 124 valence electrons. The topological polar surface area (TPSA) is 46.9 Å². The third-order valence-corrected chi connectivity index (χ3v) is 4.21. The highest BCUT2D eigenvalue weighted by Gasteiger charge is 2.13. The van der Waals surface area contributed by atoms with E-state index in [0.717, 1.165) is 28.0 Å². The normalized spacial score (nSPS) is 11.2. The third kappa shape index (κ3) is 3.18. The Hall–Kier alpha value is -2.62. The molecule has 0 aliphatic carbocycles. The molecule has 0 aliphatic rings. The summed E-state index contributed by atoms with van der Waals surface area (Å²) < 4.78 is 2.25. The van der Waals surface area contributed by atoms with Crippen molar-refractivity contribution in [3.05, 3.63) is 65.5 Å². The zero-order chi connectivity index (χ0) is 17.1. The maximum absolute atomic E-state index is 12.3. The molecule has 24 heavy (non-hydrogen) atoms. The first-order valence-electron chi connectivity index (χ1n) is 8.37. The van der Waals surface area contributed by atoms with Gasteiger partial charge in [0.2, 0.25) is 0 Å². The van der Waals surface area contributed by atoms with Crippen molar-refractivity contribution >= 4 is 16.9 Å². The Morgan fingerprint density at radius 2 is 1.83 bits per heavy atom. The van der Waals surface area contributed by atoms with E-state index in [1.54, 1.807) is 0 Å². The number of nitrogens with zero attached hydrogens (tertiary/aromatic N) is 2. The number of imidazole rings is 1. The van der Waals surface area contributed by atoms with E-state index >= 15 is 0 Å². The summed E-state index contributed by atoms with van der Waals surface area (Å²) in [7, 11) is 0. The first kappa shape index (κ1) is 16.2. The Labute approximate surface area is 142 Å². The fraction of sp³-hybridized carbons (Fsp3) is 0.300. The van der Waals surface area contributed by atoms with E-state index in [0.29, 0.717) is 19.0 Å². The zero-order valence-corrected chi connectivity index (χ0v) is 14.4. The molecule has 0 fully saturated rings. The number of aryl methyl sites for hydroxylation is 1. The molecule has 0 aliphatic heterocycles. The van der Waals surface area contributed by atoms with Crippen LogP contribution in [-0.4, -0.2) is 22.0 Å². The maximum Gasteiger partial charge on any atom is 0.251 e. The second-order valence-corrected chi connectivity index (χ2v) is 6.30. The van der Waals surface area contributed by atoms with E-state index < -0.39 is 0 Å². The van der Waals surface area contributed by atoms with Gasteiger partial charge >= 0.3 is 0 Å². The number of hydrogen-bond donors (Lipinski definition) is 1. The highest BCUT2D eigenvalue weighted by Crippen LogP contribution is 2.21. The average Bonchev–Trinajstić information content (AvgIpc) is 2.93. The van der Waals surface area contributed by atoms with Gasteiger partial charge in [0, 0.05) is 24.6 Å². The van der Waals surface area contributed by atoms with Gasteiger partial charge in [0.1, 0.15) is 5.82 Å². The largest absolute Gasteiger partial charge is 0.352 e. The lowest BCUT2D eigenvalue weighted by atomic mass is 10.1. The molecule has 1 heterocycles. The Bertz CT molecular complexity index is 864. The molecule has 0 spiro atoms. The number of amides is 1. The Morgan fingerprint density at radius 3 is 2.58 bits per heavy atom. The first-order chi connectivity index (χ1) is 11.6. The van der Waals surface area contributed by atoms with E-state index in [4.69, 9.17) is 4.98 Å². The average molecular weight is 321 g/mol. The number of hydrogen-bond acceptors (Lipinski definition) is 2. The van der Waals surface area contributed by atoms with Crippen molar-refractivity contribution in [2.75, 3.05) is 6.54 Å². The van der Waals surface area contributed by atoms with Gasteiger partial charge in [0.15, 0.2) is 0 Å². The van der Waals surface area contributed by atoms with Gasteiger partial charge in [-0.25, -0.2) is 4.98 Å². The Balaban J connectivity index is 1.73. The maximum atomic E-state index is 12.3. The quantitative estimate of drug-likeness (QED) is 0.775. The van der Waals surface area contributed by atoms with Crippen molar-refractivity contribution in [2.45, 2.75) is 33.2 Å². The predicted molar refractivity (Wildman–Crippen MR) is 97.3 cm³/mol. The van der Waals surface area contributed by atoms with E-state index in [1.165, 1.54) is 0 Å². The molecule has 0 saturated heterocycles. The van der Waals surface area contributed by atoms with Crippen LogP contribution in [0.15, 0.2) is 48.5 Å². The fourth-order valence-electron chi connectivity index (χ4n) is 3.06. The van der Waals surface area contributed by atoms with Gasteiger partial charge in [-0.1, -0.05) is 30.3 Å². The lowest BCUT2D eigenvalue weighted by molar-refractivity contribution is 0.0953. The number of benzene rings is 2. The number of carbonyl (C=O) groups is 1. The van der Waals surface area contributed by atoms with Crippen LogP contribution >= 0.6 is 0 Å². The van der Waals surface area contributed by atoms with Gasteiger partial charge in [0.05, 0.1) is 11.0 Å². The summed E-state index contributed by atoms with van der Waals surface area (Å²) in [5, 5.41) is 3.01. The lowest BCUT2D eigenvalue weighted by Crippen LogP contribution is -2.27. The van der Waals surface area contributed by atoms with E-state index in [-0.39, 0.29) is 5.91 Å². The third-order valence-electron chi connectivity index (χ3n) is 4.21. The SMILES string of the molecule is Cc1ccccc1C(=O)NCCc1nc2ccccc2n1C(C)C. The molecule has 0 bridgehead atoms. The van der Waals surface area contributed by atoms with Crippen molar-refractivity contribution in [2.24, 2.45) is 0 Å². The molecule has 0 unspecified atom stereocenters. The summed E-state index contributed by atoms with van der Waals surface area (Å²) in [5.74, 6) is 0.983. The zero-order valence-electron chi connectivity index (χ0n) is 14.4. The van der Waals surface area contributed by atoms with Crippen molar-refractivity contribution in [3.63, 3.8) is 0 Å². The number of rotatable bonds is 5. The number of nitrogens with one attached hydrogen (secondary N) is 1.